The van der Waals surface area contributed by atoms with Crippen LogP contribution in [0.3, 0.4) is 0 Å². The first-order valence-electron chi connectivity index (χ1n) is 11.1. The van der Waals surface area contributed by atoms with Gasteiger partial charge in [-0.05, 0) is 36.2 Å². The highest BCUT2D eigenvalue weighted by Crippen LogP contribution is 2.12. The van der Waals surface area contributed by atoms with Crippen LogP contribution in [0.25, 0.3) is 0 Å². The van der Waals surface area contributed by atoms with Gasteiger partial charge in [0, 0.05) is 58.3 Å². The molecular weight excluding hydrogens is 533 g/mol. The summed E-state index contributed by atoms with van der Waals surface area (Å²) in [6.07, 6.45) is 5.05. The van der Waals surface area contributed by atoms with Gasteiger partial charge in [-0.25, -0.2) is 0 Å². The number of methoxy groups -OCH3 is 1. The molecule has 178 valence electrons. The lowest BCUT2D eigenvalue weighted by atomic mass is 10.1. The van der Waals surface area contributed by atoms with E-state index in [0.717, 1.165) is 75.3 Å². The van der Waals surface area contributed by atoms with Gasteiger partial charge in [-0.1, -0.05) is 17.3 Å². The van der Waals surface area contributed by atoms with E-state index >= 15 is 0 Å². The summed E-state index contributed by atoms with van der Waals surface area (Å²) in [5.41, 5.74) is 2.24. The first-order chi connectivity index (χ1) is 15.8. The van der Waals surface area contributed by atoms with Crippen molar-refractivity contribution in [1.29, 1.82) is 0 Å². The fourth-order valence-electron chi connectivity index (χ4n) is 3.77. The van der Waals surface area contributed by atoms with Crippen molar-refractivity contribution in [3.05, 3.63) is 72.0 Å². The molecule has 3 heterocycles. The number of nitrogens with one attached hydrogen (secondary N) is 1. The molecule has 8 nitrogen and oxygen atoms in total. The van der Waals surface area contributed by atoms with Crippen molar-refractivity contribution in [2.45, 2.75) is 19.4 Å². The number of furan rings is 1. The molecule has 0 bridgehead atoms. The minimum atomic E-state index is 0. The summed E-state index contributed by atoms with van der Waals surface area (Å²) in [5, 5.41) is 7.60. The van der Waals surface area contributed by atoms with Crippen LogP contribution in [0.1, 0.15) is 17.0 Å². The number of aromatic nitrogens is 1. The van der Waals surface area contributed by atoms with E-state index in [2.05, 4.69) is 32.4 Å². The zero-order chi connectivity index (χ0) is 22.0. The van der Waals surface area contributed by atoms with E-state index in [1.54, 1.807) is 19.6 Å². The van der Waals surface area contributed by atoms with Crippen LogP contribution in [0.15, 0.2) is 68.9 Å². The minimum Gasteiger partial charge on any atom is -0.497 e. The van der Waals surface area contributed by atoms with Crippen molar-refractivity contribution < 1.29 is 13.7 Å². The number of hydrogen-bond donors (Lipinski definition) is 1. The van der Waals surface area contributed by atoms with Crippen molar-refractivity contribution in [3.8, 4) is 5.75 Å². The number of piperazine rings is 1. The molecule has 1 fully saturated rings. The number of halogens is 1. The highest BCUT2D eigenvalue weighted by molar-refractivity contribution is 14.0. The smallest absolute Gasteiger partial charge is 0.194 e. The molecule has 1 aliphatic heterocycles. The molecule has 0 radical (unpaired) electrons. The molecule has 1 aliphatic rings. The predicted octanol–water partition coefficient (Wildman–Crippen LogP) is 3.44. The number of ether oxygens (including phenoxy) is 1. The van der Waals surface area contributed by atoms with Gasteiger partial charge in [0.05, 0.1) is 19.1 Å². The Bertz CT molecular complexity index is 937. The largest absolute Gasteiger partial charge is 0.497 e. The summed E-state index contributed by atoms with van der Waals surface area (Å²) in [6, 6.07) is 14.1. The maximum Gasteiger partial charge on any atom is 0.194 e. The number of benzene rings is 1. The molecule has 0 atom stereocenters. The number of aliphatic imine (C=N–C) groups is 1. The summed E-state index contributed by atoms with van der Waals surface area (Å²) in [4.78, 5) is 9.62. The maximum atomic E-state index is 5.45. The minimum absolute atomic E-state index is 0. The molecule has 0 saturated carbocycles. The fourth-order valence-corrected chi connectivity index (χ4v) is 3.77. The van der Waals surface area contributed by atoms with Crippen LogP contribution in [0.4, 0.5) is 0 Å². The Balaban J connectivity index is 0.00000306. The molecule has 2 aromatic heterocycles. The lowest BCUT2D eigenvalue weighted by Crippen LogP contribution is -2.52. The van der Waals surface area contributed by atoms with Gasteiger partial charge in [0.1, 0.15) is 17.8 Å². The molecule has 0 unspecified atom stereocenters. The van der Waals surface area contributed by atoms with Crippen molar-refractivity contribution in [2.24, 2.45) is 4.99 Å². The molecule has 3 aromatic rings. The van der Waals surface area contributed by atoms with Gasteiger partial charge in [0.2, 0.25) is 0 Å². The van der Waals surface area contributed by atoms with Crippen LogP contribution in [0, 0.1) is 0 Å². The van der Waals surface area contributed by atoms with Gasteiger partial charge in [-0.15, -0.1) is 24.0 Å². The lowest BCUT2D eigenvalue weighted by Gasteiger charge is -2.36. The average molecular weight is 565 g/mol. The van der Waals surface area contributed by atoms with E-state index in [4.69, 9.17) is 18.7 Å². The average Bonchev–Trinajstić information content (AvgIpc) is 3.54. The zero-order valence-electron chi connectivity index (χ0n) is 19.0. The number of nitrogens with zero attached hydrogens (tertiary/aromatic N) is 4. The van der Waals surface area contributed by atoms with Crippen LogP contribution >= 0.6 is 24.0 Å². The Morgan fingerprint density at radius 3 is 2.55 bits per heavy atom. The highest BCUT2D eigenvalue weighted by atomic mass is 127. The van der Waals surface area contributed by atoms with Crippen LogP contribution in [-0.2, 0) is 19.4 Å². The molecule has 1 saturated heterocycles. The second kappa shape index (κ2) is 13.2. The third-order valence-electron chi connectivity index (χ3n) is 5.60. The van der Waals surface area contributed by atoms with Crippen LogP contribution in [0.2, 0.25) is 0 Å². The van der Waals surface area contributed by atoms with E-state index in [1.165, 1.54) is 5.56 Å². The molecule has 0 aliphatic carbocycles. The normalized spacial score (nSPS) is 14.7. The first-order valence-corrected chi connectivity index (χ1v) is 11.1. The summed E-state index contributed by atoms with van der Waals surface area (Å²) in [5.74, 6) is 2.81. The Hall–Kier alpha value is -2.53. The van der Waals surface area contributed by atoms with Crippen LogP contribution < -0.4 is 10.1 Å². The van der Waals surface area contributed by atoms with Gasteiger partial charge in [0.25, 0.3) is 0 Å². The maximum absolute atomic E-state index is 5.45. The zero-order valence-corrected chi connectivity index (χ0v) is 21.3. The second-order valence-electron chi connectivity index (χ2n) is 7.81. The molecule has 1 N–H and O–H groups in total. The quantitative estimate of drug-likeness (QED) is 0.242. The van der Waals surface area contributed by atoms with Crippen molar-refractivity contribution in [3.63, 3.8) is 0 Å². The van der Waals surface area contributed by atoms with Gasteiger partial charge in [-0.2, -0.15) is 0 Å². The summed E-state index contributed by atoms with van der Waals surface area (Å²) in [7, 11) is 1.69. The number of hydrogen-bond acceptors (Lipinski definition) is 6. The van der Waals surface area contributed by atoms with E-state index < -0.39 is 0 Å². The first kappa shape index (κ1) is 25.1. The Morgan fingerprint density at radius 1 is 1.06 bits per heavy atom. The predicted molar refractivity (Wildman–Crippen MR) is 138 cm³/mol. The molecule has 0 amide bonds. The van der Waals surface area contributed by atoms with Crippen molar-refractivity contribution in [2.75, 3.05) is 46.4 Å². The van der Waals surface area contributed by atoms with Gasteiger partial charge >= 0.3 is 0 Å². The molecule has 0 spiro atoms. The molecule has 4 rings (SSSR count). The fraction of sp³-hybridized carbons (Fsp3) is 0.417. The number of guanidine groups is 1. The van der Waals surface area contributed by atoms with Gasteiger partial charge in [-0.3, -0.25) is 9.89 Å². The SMILES string of the molecule is COc1ccc(CCNC(=NCCc2ccco2)N2CCN(Cc3ccon3)CC2)cc1.I. The second-order valence-corrected chi connectivity index (χ2v) is 7.81. The van der Waals surface area contributed by atoms with Crippen LogP contribution in [0.5, 0.6) is 5.75 Å². The molecule has 33 heavy (non-hydrogen) atoms. The molecule has 9 heteroatoms. The standard InChI is InChI=1S/C24H31N5O3.HI/c1-30-22-6-4-20(5-7-22)8-11-25-24(26-12-9-23-3-2-17-31-23)29-15-13-28(14-16-29)19-21-10-18-32-27-21;/h2-7,10,17-18H,8-9,11-16,19H2,1H3,(H,25,26);1H. The molecule has 1 aromatic carbocycles. The third-order valence-corrected chi connectivity index (χ3v) is 5.60. The van der Waals surface area contributed by atoms with Crippen molar-refractivity contribution >= 4 is 29.9 Å². The highest BCUT2D eigenvalue weighted by Gasteiger charge is 2.20. The monoisotopic (exact) mass is 565 g/mol. The number of rotatable bonds is 9. The van der Waals surface area contributed by atoms with Crippen molar-refractivity contribution in [1.82, 2.24) is 20.3 Å². The third kappa shape index (κ3) is 7.78. The Kier molecular flexibility index (Phi) is 10.1. The lowest BCUT2D eigenvalue weighted by molar-refractivity contribution is 0.169. The summed E-state index contributed by atoms with van der Waals surface area (Å²) < 4.78 is 15.6. The summed E-state index contributed by atoms with van der Waals surface area (Å²) >= 11 is 0. The van der Waals surface area contributed by atoms with E-state index in [-0.39, 0.29) is 24.0 Å². The van der Waals surface area contributed by atoms with Crippen LogP contribution in [-0.4, -0.2) is 67.3 Å². The Morgan fingerprint density at radius 2 is 1.88 bits per heavy atom. The van der Waals surface area contributed by atoms with Gasteiger partial charge in [0.15, 0.2) is 5.96 Å². The van der Waals surface area contributed by atoms with E-state index in [9.17, 15) is 0 Å². The van der Waals surface area contributed by atoms with Gasteiger partial charge < -0.3 is 23.9 Å². The Labute approximate surface area is 212 Å². The summed E-state index contributed by atoms with van der Waals surface area (Å²) in [6.45, 7) is 6.11. The molecular formula is C24H32IN5O3. The van der Waals surface area contributed by atoms with E-state index in [0.29, 0.717) is 6.54 Å². The topological polar surface area (TPSA) is 79.3 Å². The van der Waals surface area contributed by atoms with E-state index in [1.807, 2.05) is 30.3 Å².